The normalized spacial score (nSPS) is 15.4. The number of hydrogen-bond acceptors (Lipinski definition) is 7. The fraction of sp³-hybridized carbons (Fsp3) is 0.333. The van der Waals surface area contributed by atoms with Gasteiger partial charge in [-0.2, -0.15) is 0 Å². The molecular weight excluding hydrogens is 441 g/mol. The highest BCUT2D eigenvalue weighted by Gasteiger charge is 2.19. The minimum Gasteiger partial charge on any atom is -0.360 e. The maximum absolute atomic E-state index is 13.4. The molecule has 0 unspecified atom stereocenters. The smallest absolute Gasteiger partial charge is 0.208 e. The van der Waals surface area contributed by atoms with Gasteiger partial charge in [-0.1, -0.05) is 0 Å². The zero-order chi connectivity index (χ0) is 19.2. The van der Waals surface area contributed by atoms with Gasteiger partial charge in [-0.3, -0.25) is 10.7 Å². The Kier molecular flexibility index (Phi) is 6.66. The van der Waals surface area contributed by atoms with E-state index in [1.165, 1.54) is 18.2 Å². The Bertz CT molecular complexity index is 841. The van der Waals surface area contributed by atoms with Gasteiger partial charge in [0.2, 0.25) is 5.82 Å². The fourth-order valence-electron chi connectivity index (χ4n) is 2.54. The predicted molar refractivity (Wildman–Crippen MR) is 105 cm³/mol. The van der Waals surface area contributed by atoms with Crippen molar-refractivity contribution in [2.24, 2.45) is 4.99 Å². The highest BCUT2D eigenvalue weighted by atomic mass is 79.9. The number of aliphatic imine (C=N–C) groups is 1. The summed E-state index contributed by atoms with van der Waals surface area (Å²) >= 11 is 8.39. The number of hydrogen-bond donors (Lipinski definition) is 5. The molecule has 2 aromatic rings. The molecule has 1 aliphatic heterocycles. The molecule has 0 amide bonds. The van der Waals surface area contributed by atoms with Crippen molar-refractivity contribution in [2.75, 3.05) is 18.4 Å². The standard InChI is InChI=1S/C15H17BrFN7O2S/c16-10-7-9(1-2-11(10)17)19-13(22-25)12-14(24-26-23-12)21-15(27)20-8-3-5-18-6-4-8/h1-2,7-8,18,25H,3-6H2,(H,19,22)(H2,20,21,24,27). The van der Waals surface area contributed by atoms with Crippen LogP contribution in [0.3, 0.4) is 0 Å². The zero-order valence-electron chi connectivity index (χ0n) is 14.0. The van der Waals surface area contributed by atoms with Crippen LogP contribution in [0.15, 0.2) is 32.3 Å². The summed E-state index contributed by atoms with van der Waals surface area (Å²) in [6.45, 7) is 1.85. The van der Waals surface area contributed by atoms with Crippen molar-refractivity contribution in [1.82, 2.24) is 26.4 Å². The van der Waals surface area contributed by atoms with Crippen LogP contribution in [-0.4, -0.2) is 45.6 Å². The Labute approximate surface area is 167 Å². The first-order chi connectivity index (χ1) is 13.1. The van der Waals surface area contributed by atoms with Crippen LogP contribution in [0.1, 0.15) is 18.5 Å². The molecule has 0 bridgehead atoms. The minimum absolute atomic E-state index is 0.0399. The molecule has 2 heterocycles. The van der Waals surface area contributed by atoms with Gasteiger partial charge in [0.25, 0.3) is 0 Å². The maximum Gasteiger partial charge on any atom is 0.208 e. The molecule has 1 aliphatic rings. The number of nitrogens with zero attached hydrogens (tertiary/aromatic N) is 3. The summed E-state index contributed by atoms with van der Waals surface area (Å²) in [6.07, 6.45) is 1.91. The minimum atomic E-state index is -0.424. The van der Waals surface area contributed by atoms with Crippen LogP contribution in [0.4, 0.5) is 15.9 Å². The number of nitrogens with one attached hydrogen (secondary N) is 4. The lowest BCUT2D eigenvalue weighted by Crippen LogP contribution is -2.44. The van der Waals surface area contributed by atoms with Gasteiger partial charge in [0.15, 0.2) is 16.6 Å². The van der Waals surface area contributed by atoms with Crippen LogP contribution in [0.5, 0.6) is 0 Å². The van der Waals surface area contributed by atoms with Crippen molar-refractivity contribution in [3.63, 3.8) is 0 Å². The summed E-state index contributed by atoms with van der Waals surface area (Å²) in [7, 11) is 0. The third kappa shape index (κ3) is 5.19. The van der Waals surface area contributed by atoms with Crippen LogP contribution < -0.4 is 21.4 Å². The monoisotopic (exact) mass is 457 g/mol. The van der Waals surface area contributed by atoms with Gasteiger partial charge in [-0.25, -0.2) is 14.0 Å². The van der Waals surface area contributed by atoms with Gasteiger partial charge in [0, 0.05) is 6.04 Å². The van der Waals surface area contributed by atoms with Gasteiger partial charge in [0.1, 0.15) is 5.82 Å². The van der Waals surface area contributed by atoms with E-state index in [1.807, 2.05) is 5.48 Å². The number of amidine groups is 1. The molecule has 1 aromatic carbocycles. The van der Waals surface area contributed by atoms with Crippen LogP contribution in [0.2, 0.25) is 0 Å². The highest BCUT2D eigenvalue weighted by molar-refractivity contribution is 9.10. The average Bonchev–Trinajstić information content (AvgIpc) is 3.11. The van der Waals surface area contributed by atoms with E-state index in [9.17, 15) is 9.60 Å². The van der Waals surface area contributed by atoms with Crippen LogP contribution in [-0.2, 0) is 0 Å². The van der Waals surface area contributed by atoms with Crippen LogP contribution in [0, 0.1) is 5.82 Å². The quantitative estimate of drug-likeness (QED) is 0.203. The molecule has 12 heteroatoms. The van der Waals surface area contributed by atoms with E-state index in [0.29, 0.717) is 10.8 Å². The first kappa shape index (κ1) is 19.6. The summed E-state index contributed by atoms with van der Waals surface area (Å²) in [4.78, 5) is 4.19. The number of aromatic nitrogens is 2. The number of benzene rings is 1. The zero-order valence-corrected chi connectivity index (χ0v) is 16.4. The van der Waals surface area contributed by atoms with Gasteiger partial charge < -0.3 is 16.0 Å². The van der Waals surface area contributed by atoms with E-state index < -0.39 is 5.82 Å². The Morgan fingerprint density at radius 1 is 1.37 bits per heavy atom. The first-order valence-corrected chi connectivity index (χ1v) is 9.32. The number of piperidine rings is 1. The molecule has 9 nitrogen and oxygen atoms in total. The summed E-state index contributed by atoms with van der Waals surface area (Å²) < 4.78 is 18.3. The number of rotatable bonds is 4. The van der Waals surface area contributed by atoms with Crippen LogP contribution >= 0.6 is 28.1 Å². The molecular formula is C15H17BrFN7O2S. The van der Waals surface area contributed by atoms with E-state index in [-0.39, 0.29) is 27.9 Å². The second-order valence-corrected chi connectivity index (χ2v) is 7.02. The summed E-state index contributed by atoms with van der Waals surface area (Å²) in [5.74, 6) is -0.280. The topological polar surface area (TPSA) is 120 Å². The summed E-state index contributed by atoms with van der Waals surface area (Å²) in [5, 5.41) is 26.7. The summed E-state index contributed by atoms with van der Waals surface area (Å²) in [6, 6.07) is 4.41. The Balaban J connectivity index is 1.74. The highest BCUT2D eigenvalue weighted by Crippen LogP contribution is 2.23. The van der Waals surface area contributed by atoms with Gasteiger partial charge >= 0.3 is 0 Å². The number of thiocarbonyl (C=S) groups is 1. The molecule has 0 aliphatic carbocycles. The fourth-order valence-corrected chi connectivity index (χ4v) is 3.17. The average molecular weight is 458 g/mol. The van der Waals surface area contributed by atoms with Crippen molar-refractivity contribution < 1.29 is 14.2 Å². The van der Waals surface area contributed by atoms with E-state index >= 15 is 0 Å². The van der Waals surface area contributed by atoms with Crippen LogP contribution in [0.25, 0.3) is 0 Å². The maximum atomic E-state index is 13.4. The van der Waals surface area contributed by atoms with Gasteiger partial charge in [0.05, 0.1) is 10.2 Å². The molecule has 3 rings (SSSR count). The molecule has 0 atom stereocenters. The Morgan fingerprint density at radius 3 is 2.85 bits per heavy atom. The van der Waals surface area contributed by atoms with Crippen molar-refractivity contribution in [3.8, 4) is 0 Å². The molecule has 1 saturated heterocycles. The third-order valence-corrected chi connectivity index (χ3v) is 4.70. The molecule has 1 aromatic heterocycles. The lowest BCUT2D eigenvalue weighted by Gasteiger charge is -2.24. The van der Waals surface area contributed by atoms with Gasteiger partial charge in [-0.05, 0) is 82.6 Å². The molecule has 0 radical (unpaired) electrons. The number of anilines is 1. The van der Waals surface area contributed by atoms with E-state index in [4.69, 9.17) is 16.8 Å². The van der Waals surface area contributed by atoms with Crippen molar-refractivity contribution >= 4 is 50.6 Å². The van der Waals surface area contributed by atoms with Crippen molar-refractivity contribution in [2.45, 2.75) is 18.9 Å². The lowest BCUT2D eigenvalue weighted by atomic mass is 10.1. The molecule has 0 saturated carbocycles. The first-order valence-electron chi connectivity index (χ1n) is 8.12. The summed E-state index contributed by atoms with van der Waals surface area (Å²) in [5.41, 5.74) is 2.45. The Morgan fingerprint density at radius 2 is 2.15 bits per heavy atom. The molecule has 27 heavy (non-hydrogen) atoms. The van der Waals surface area contributed by atoms with Crippen molar-refractivity contribution in [3.05, 3.63) is 34.2 Å². The van der Waals surface area contributed by atoms with E-state index in [2.05, 4.69) is 47.2 Å². The molecule has 0 spiro atoms. The van der Waals surface area contributed by atoms with Crippen molar-refractivity contribution in [1.29, 1.82) is 0 Å². The lowest BCUT2D eigenvalue weighted by molar-refractivity contribution is 0.234. The van der Waals surface area contributed by atoms with E-state index in [1.54, 1.807) is 0 Å². The van der Waals surface area contributed by atoms with E-state index in [0.717, 1.165) is 25.9 Å². The molecule has 144 valence electrons. The largest absolute Gasteiger partial charge is 0.360 e. The second-order valence-electron chi connectivity index (χ2n) is 5.75. The molecule has 1 fully saturated rings. The molecule has 5 N–H and O–H groups in total. The third-order valence-electron chi connectivity index (χ3n) is 3.87. The number of halogens is 2. The van der Waals surface area contributed by atoms with Gasteiger partial charge in [-0.15, -0.1) is 0 Å². The Hall–Kier alpha value is -2.15. The predicted octanol–water partition coefficient (Wildman–Crippen LogP) is 2.07. The second kappa shape index (κ2) is 9.17. The number of hydroxylamine groups is 1. The SMILES string of the molecule is ONC(=Nc1ccc(F)c(Br)c1)c1nonc1NC(=S)NC1CCNCC1.